The Labute approximate surface area is 175 Å². The molecule has 0 saturated heterocycles. The van der Waals surface area contributed by atoms with E-state index in [4.69, 9.17) is 5.14 Å². The van der Waals surface area contributed by atoms with E-state index < -0.39 is 27.8 Å². The maximum atomic E-state index is 13.9. The van der Waals surface area contributed by atoms with Gasteiger partial charge in [-0.25, -0.2) is 19.1 Å². The number of anilines is 1. The molecule has 0 saturated carbocycles. The maximum absolute atomic E-state index is 13.9. The molecule has 1 aliphatic rings. The SMILES string of the molecule is NS(=O)(=NC(=O)Nc1c2c(nc(C(F)(F)F)c1-c1ccccc1)CCC2)c1ccn[nH]1. The second kappa shape index (κ2) is 7.78. The van der Waals surface area contributed by atoms with Crippen molar-refractivity contribution in [3.63, 3.8) is 0 Å². The summed E-state index contributed by atoms with van der Waals surface area (Å²) in [5.41, 5.74) is -0.409. The van der Waals surface area contributed by atoms with Gasteiger partial charge in [0.05, 0.1) is 11.9 Å². The van der Waals surface area contributed by atoms with Crippen molar-refractivity contribution in [1.29, 1.82) is 0 Å². The van der Waals surface area contributed by atoms with Gasteiger partial charge < -0.3 is 5.32 Å². The Kier molecular flexibility index (Phi) is 5.27. The molecule has 2 aromatic heterocycles. The molecular formula is C19H17F3N6O2S. The van der Waals surface area contributed by atoms with Gasteiger partial charge in [-0.2, -0.15) is 18.3 Å². The van der Waals surface area contributed by atoms with E-state index in [-0.39, 0.29) is 27.5 Å². The monoisotopic (exact) mass is 450 g/mol. The number of aromatic nitrogens is 3. The number of nitrogens with one attached hydrogen (secondary N) is 2. The number of urea groups is 1. The molecule has 1 unspecified atom stereocenters. The normalized spacial score (nSPS) is 15.2. The van der Waals surface area contributed by atoms with Crippen LogP contribution < -0.4 is 10.5 Å². The highest BCUT2D eigenvalue weighted by Gasteiger charge is 2.39. The van der Waals surface area contributed by atoms with Gasteiger partial charge in [0.1, 0.15) is 5.03 Å². The number of aryl methyl sites for hydroxylation is 1. The first-order chi connectivity index (χ1) is 14.7. The molecule has 2 heterocycles. The van der Waals surface area contributed by atoms with Crippen LogP contribution in [0.2, 0.25) is 0 Å². The molecule has 0 spiro atoms. The van der Waals surface area contributed by atoms with E-state index in [0.29, 0.717) is 24.8 Å². The molecule has 0 radical (unpaired) electrons. The predicted octanol–water partition coefficient (Wildman–Crippen LogP) is 3.91. The van der Waals surface area contributed by atoms with Crippen molar-refractivity contribution in [2.45, 2.75) is 30.5 Å². The Balaban J connectivity index is 1.88. The van der Waals surface area contributed by atoms with Crippen LogP contribution in [0.3, 0.4) is 0 Å². The van der Waals surface area contributed by atoms with Crippen molar-refractivity contribution in [2.75, 3.05) is 5.32 Å². The molecule has 0 bridgehead atoms. The largest absolute Gasteiger partial charge is 0.434 e. The van der Waals surface area contributed by atoms with Crippen LogP contribution in [0.25, 0.3) is 11.1 Å². The second-order valence-corrected chi connectivity index (χ2v) is 8.62. The first kappa shape index (κ1) is 21.0. The van der Waals surface area contributed by atoms with Crippen molar-refractivity contribution in [2.24, 2.45) is 9.50 Å². The standard InChI is InChI=1S/C19H17F3N6O2S/c20-19(21,22)17-15(11-5-2-1-3-6-11)16(12-7-4-8-13(12)25-17)26-18(29)28-31(23,30)14-9-10-24-27-14/h1-3,5-6,9-10H,4,7-8H2,(H,24,27)(H3,23,25,26,28,29,30). The van der Waals surface area contributed by atoms with Crippen molar-refractivity contribution in [1.82, 2.24) is 15.2 Å². The van der Waals surface area contributed by atoms with E-state index in [9.17, 15) is 22.2 Å². The molecule has 12 heteroatoms. The van der Waals surface area contributed by atoms with Crippen molar-refractivity contribution >= 4 is 21.6 Å². The number of carbonyl (C=O) groups excluding carboxylic acids is 1. The maximum Gasteiger partial charge on any atom is 0.434 e. The molecule has 4 rings (SSSR count). The Hall–Kier alpha value is -3.25. The number of amides is 2. The molecule has 2 amide bonds. The number of alkyl halides is 3. The van der Waals surface area contributed by atoms with Gasteiger partial charge in [-0.3, -0.25) is 5.10 Å². The summed E-state index contributed by atoms with van der Waals surface area (Å²) in [6, 6.07) is 7.99. The molecule has 1 aromatic carbocycles. The fourth-order valence-electron chi connectivity index (χ4n) is 3.52. The van der Waals surface area contributed by atoms with Gasteiger partial charge in [-0.1, -0.05) is 30.3 Å². The summed E-state index contributed by atoms with van der Waals surface area (Å²) < 4.78 is 57.7. The molecule has 162 valence electrons. The quantitative estimate of drug-likeness (QED) is 0.559. The number of pyridine rings is 1. The number of aromatic amines is 1. The van der Waals surface area contributed by atoms with Crippen LogP contribution in [-0.2, 0) is 28.9 Å². The lowest BCUT2D eigenvalue weighted by Gasteiger charge is -2.20. The Morgan fingerprint density at radius 1 is 1.19 bits per heavy atom. The number of rotatable bonds is 3. The lowest BCUT2D eigenvalue weighted by atomic mass is 9.97. The number of H-pyrrole nitrogens is 1. The van der Waals surface area contributed by atoms with Gasteiger partial charge in [0, 0.05) is 11.3 Å². The highest BCUT2D eigenvalue weighted by Crippen LogP contribution is 2.44. The molecule has 4 N–H and O–H groups in total. The summed E-state index contributed by atoms with van der Waals surface area (Å²) in [5.74, 6) is 0. The zero-order valence-corrected chi connectivity index (χ0v) is 16.8. The summed E-state index contributed by atoms with van der Waals surface area (Å²) in [4.78, 5) is 16.5. The third kappa shape index (κ3) is 4.16. The molecular weight excluding hydrogens is 433 g/mol. The van der Waals surface area contributed by atoms with Gasteiger partial charge >= 0.3 is 12.2 Å². The van der Waals surface area contributed by atoms with Crippen molar-refractivity contribution in [3.05, 3.63) is 59.5 Å². The number of nitrogens with zero attached hydrogens (tertiary/aromatic N) is 3. The first-order valence-electron chi connectivity index (χ1n) is 9.20. The number of benzene rings is 1. The van der Waals surface area contributed by atoms with E-state index >= 15 is 0 Å². The van der Waals surface area contributed by atoms with Gasteiger partial charge in [0.2, 0.25) is 0 Å². The van der Waals surface area contributed by atoms with Crippen LogP contribution in [0.5, 0.6) is 0 Å². The van der Waals surface area contributed by atoms with Gasteiger partial charge in [0.15, 0.2) is 15.6 Å². The summed E-state index contributed by atoms with van der Waals surface area (Å²) in [7, 11) is -3.66. The number of halogens is 3. The van der Waals surface area contributed by atoms with Crippen LogP contribution in [0.4, 0.5) is 23.7 Å². The zero-order valence-electron chi connectivity index (χ0n) is 15.9. The number of hydrogen-bond donors (Lipinski definition) is 3. The van der Waals surface area contributed by atoms with E-state index in [1.165, 1.54) is 24.4 Å². The third-order valence-corrected chi connectivity index (χ3v) is 6.09. The fraction of sp³-hybridized carbons (Fsp3) is 0.211. The fourth-order valence-corrected chi connectivity index (χ4v) is 4.35. The van der Waals surface area contributed by atoms with Crippen LogP contribution in [0.15, 0.2) is 52.0 Å². The smallest absolute Gasteiger partial charge is 0.304 e. The Bertz CT molecular complexity index is 1250. The van der Waals surface area contributed by atoms with Gasteiger partial charge in [-0.15, -0.1) is 4.36 Å². The molecule has 0 aliphatic heterocycles. The van der Waals surface area contributed by atoms with Crippen LogP contribution in [0, 0.1) is 0 Å². The van der Waals surface area contributed by atoms with Crippen molar-refractivity contribution in [3.8, 4) is 11.1 Å². The first-order valence-corrected chi connectivity index (χ1v) is 10.8. The predicted molar refractivity (Wildman–Crippen MR) is 107 cm³/mol. The van der Waals surface area contributed by atoms with E-state index in [0.717, 1.165) is 0 Å². The average molecular weight is 450 g/mol. The third-order valence-electron chi connectivity index (χ3n) is 4.80. The number of carbonyl (C=O) groups is 1. The highest BCUT2D eigenvalue weighted by atomic mass is 32.2. The Morgan fingerprint density at radius 2 is 1.94 bits per heavy atom. The Morgan fingerprint density at radius 3 is 2.58 bits per heavy atom. The lowest BCUT2D eigenvalue weighted by Crippen LogP contribution is -2.20. The zero-order chi connectivity index (χ0) is 22.2. The van der Waals surface area contributed by atoms with Crippen LogP contribution in [-0.4, -0.2) is 25.4 Å². The minimum absolute atomic E-state index is 0.0467. The van der Waals surface area contributed by atoms with Crippen molar-refractivity contribution < 1.29 is 22.2 Å². The molecule has 8 nitrogen and oxygen atoms in total. The van der Waals surface area contributed by atoms with E-state index in [1.54, 1.807) is 18.2 Å². The summed E-state index contributed by atoms with van der Waals surface area (Å²) >= 11 is 0. The highest BCUT2D eigenvalue weighted by molar-refractivity contribution is 7.91. The minimum atomic E-state index is -4.75. The van der Waals surface area contributed by atoms with Crippen LogP contribution in [0.1, 0.15) is 23.4 Å². The molecule has 0 fully saturated rings. The summed E-state index contributed by atoms with van der Waals surface area (Å²) in [5, 5.41) is 13.9. The molecule has 3 aromatic rings. The van der Waals surface area contributed by atoms with E-state index in [2.05, 4.69) is 24.9 Å². The number of nitrogens with two attached hydrogens (primary N) is 1. The molecule has 1 aliphatic carbocycles. The topological polar surface area (TPSA) is 126 Å². The second-order valence-electron chi connectivity index (χ2n) is 6.86. The minimum Gasteiger partial charge on any atom is -0.304 e. The van der Waals surface area contributed by atoms with Gasteiger partial charge in [-0.05, 0) is 36.5 Å². The molecule has 1 atom stereocenters. The summed E-state index contributed by atoms with van der Waals surface area (Å²) in [6.07, 6.45) is -2.08. The lowest BCUT2D eigenvalue weighted by molar-refractivity contribution is -0.140. The van der Waals surface area contributed by atoms with E-state index in [1.807, 2.05) is 0 Å². The summed E-state index contributed by atoms with van der Waals surface area (Å²) in [6.45, 7) is 0. The number of hydrogen-bond acceptors (Lipinski definition) is 4. The average Bonchev–Trinajstić information content (AvgIpc) is 3.39. The molecule has 31 heavy (non-hydrogen) atoms. The van der Waals surface area contributed by atoms with Gasteiger partial charge in [0.25, 0.3) is 0 Å². The van der Waals surface area contributed by atoms with Crippen LogP contribution >= 0.6 is 0 Å². The number of fused-ring (bicyclic) bond motifs is 1.